The van der Waals surface area contributed by atoms with Crippen LogP contribution in [0.3, 0.4) is 0 Å². The molecule has 4 heterocycles. The first-order valence-electron chi connectivity index (χ1n) is 12.4. The van der Waals surface area contributed by atoms with Crippen molar-refractivity contribution in [3.8, 4) is 0 Å². The van der Waals surface area contributed by atoms with Crippen molar-refractivity contribution in [3.05, 3.63) is 72.0 Å². The topological polar surface area (TPSA) is 96.7 Å². The molecule has 3 aromatic rings. The third-order valence-corrected chi connectivity index (χ3v) is 6.98. The van der Waals surface area contributed by atoms with Crippen LogP contribution in [0.1, 0.15) is 36.4 Å². The van der Waals surface area contributed by atoms with E-state index in [1.165, 1.54) is 0 Å². The van der Waals surface area contributed by atoms with E-state index in [-0.39, 0.29) is 18.0 Å². The largest absolute Gasteiger partial charge is 0.386 e. The lowest BCUT2D eigenvalue weighted by atomic mass is 9.75. The van der Waals surface area contributed by atoms with E-state index in [9.17, 15) is 4.79 Å². The van der Waals surface area contributed by atoms with Gasteiger partial charge in [0.1, 0.15) is 23.4 Å². The predicted molar refractivity (Wildman–Crippen MR) is 142 cm³/mol. The van der Waals surface area contributed by atoms with Gasteiger partial charge >= 0.3 is 6.03 Å². The molecule has 0 radical (unpaired) electrons. The molecule has 1 fully saturated rings. The minimum Gasteiger partial charge on any atom is -0.386 e. The van der Waals surface area contributed by atoms with E-state index >= 15 is 0 Å². The van der Waals surface area contributed by atoms with Gasteiger partial charge in [0.25, 0.3) is 0 Å². The van der Waals surface area contributed by atoms with E-state index in [0.717, 1.165) is 48.3 Å². The quantitative estimate of drug-likeness (QED) is 0.479. The van der Waals surface area contributed by atoms with Crippen molar-refractivity contribution in [2.24, 2.45) is 0 Å². The van der Waals surface area contributed by atoms with Crippen molar-refractivity contribution >= 4 is 42.1 Å². The highest BCUT2D eigenvalue weighted by molar-refractivity contribution is 6.54. The molecule has 2 N–H and O–H groups in total. The number of hydrogen-bond donors (Lipinski definition) is 2. The first-order chi connectivity index (χ1) is 17.6. The maximum atomic E-state index is 12.8. The zero-order valence-corrected chi connectivity index (χ0v) is 21.0. The first kappa shape index (κ1) is 24.2. The number of urea groups is 1. The van der Waals surface area contributed by atoms with Gasteiger partial charge in [0, 0.05) is 55.9 Å². The number of carbonyl (C=O) groups is 1. The molecular weight excluding hydrogens is 477 g/mol. The maximum absolute atomic E-state index is 12.8. The van der Waals surface area contributed by atoms with Gasteiger partial charge in [-0.2, -0.15) is 9.61 Å². The molecule has 1 atom stereocenters. The van der Waals surface area contributed by atoms with E-state index in [1.807, 2.05) is 46.1 Å². The average molecular weight is 506 g/mol. The fourth-order valence-electron chi connectivity index (χ4n) is 4.70. The number of allylic oxidation sites excluding steroid dienone is 1. The van der Waals surface area contributed by atoms with Crippen LogP contribution in [0, 0.1) is 0 Å². The van der Waals surface area contributed by atoms with Gasteiger partial charge in [-0.15, -0.1) is 0 Å². The van der Waals surface area contributed by atoms with Crippen molar-refractivity contribution in [1.82, 2.24) is 29.8 Å². The summed E-state index contributed by atoms with van der Waals surface area (Å²) in [6.45, 7) is 4.13. The minimum atomic E-state index is -0.0577. The molecule has 2 aliphatic rings. The number of nitrogens with zero attached hydrogens (tertiary/aromatic N) is 5. The van der Waals surface area contributed by atoms with Crippen LogP contribution in [0.2, 0.25) is 6.82 Å². The Morgan fingerprint density at radius 1 is 1.31 bits per heavy atom. The fraction of sp³-hybridized carbons (Fsp3) is 0.360. The van der Waals surface area contributed by atoms with Crippen LogP contribution in [-0.2, 0) is 10.8 Å². The number of carbonyl (C=O) groups excluding carboxylic acids is 1. The Kier molecular flexibility index (Phi) is 7.41. The molecule has 1 aliphatic heterocycles. The molecule has 5 rings (SSSR count). The summed E-state index contributed by atoms with van der Waals surface area (Å²) in [5, 5.41) is 11.2. The summed E-state index contributed by atoms with van der Waals surface area (Å²) in [5.41, 5.74) is 4.15. The number of fused-ring (bicyclic) bond motifs is 1. The molecule has 1 aliphatic carbocycles. The van der Waals surface area contributed by atoms with Crippen molar-refractivity contribution in [2.45, 2.75) is 44.6 Å². The molecular formula is C25H29BClN7O2. The number of nitrogens with one attached hydrogen (secondary N) is 2. The summed E-state index contributed by atoms with van der Waals surface area (Å²) < 4.78 is 6.58. The Morgan fingerprint density at radius 2 is 2.17 bits per heavy atom. The smallest absolute Gasteiger partial charge is 0.317 e. The Labute approximate surface area is 216 Å². The molecule has 3 aromatic heterocycles. The van der Waals surface area contributed by atoms with Crippen LogP contribution in [0.25, 0.3) is 5.65 Å². The van der Waals surface area contributed by atoms with Crippen molar-refractivity contribution in [1.29, 1.82) is 0 Å². The molecule has 0 spiro atoms. The number of amides is 2. The van der Waals surface area contributed by atoms with Gasteiger partial charge in [-0.25, -0.2) is 9.78 Å². The highest BCUT2D eigenvalue weighted by Crippen LogP contribution is 2.29. The highest BCUT2D eigenvalue weighted by Gasteiger charge is 2.27. The molecule has 2 amide bonds. The van der Waals surface area contributed by atoms with Gasteiger partial charge in [0.15, 0.2) is 12.9 Å². The average Bonchev–Trinajstić information content (AvgIpc) is 3.36. The monoisotopic (exact) mass is 505 g/mol. The van der Waals surface area contributed by atoms with Crippen LogP contribution in [0.4, 0.5) is 10.6 Å². The minimum absolute atomic E-state index is 0.0435. The Bertz CT molecular complexity index is 1270. The van der Waals surface area contributed by atoms with Gasteiger partial charge in [0.2, 0.25) is 0 Å². The zero-order chi connectivity index (χ0) is 24.9. The zero-order valence-electron chi connectivity index (χ0n) is 20.2. The van der Waals surface area contributed by atoms with E-state index in [2.05, 4.69) is 33.6 Å². The molecule has 11 heteroatoms. The van der Waals surface area contributed by atoms with E-state index in [0.29, 0.717) is 31.8 Å². The third-order valence-electron chi connectivity index (χ3n) is 6.81. The normalized spacial score (nSPS) is 18.1. The number of pyridine rings is 1. The summed E-state index contributed by atoms with van der Waals surface area (Å²) >= 11 is 5.39. The molecule has 0 bridgehead atoms. The molecule has 0 saturated carbocycles. The Morgan fingerprint density at radius 3 is 2.86 bits per heavy atom. The molecule has 36 heavy (non-hydrogen) atoms. The van der Waals surface area contributed by atoms with Crippen molar-refractivity contribution in [3.63, 3.8) is 0 Å². The third kappa shape index (κ3) is 5.33. The number of hydrogen-bond acceptors (Lipinski definition) is 6. The van der Waals surface area contributed by atoms with E-state index < -0.39 is 0 Å². The SMILES string of the molecule is CBc1cnn2c(NCc3cccnc3)cc(C3CCN(C(=O)NC4C=CC(OCl)=CC4)CC3)nc12. The van der Waals surface area contributed by atoms with Gasteiger partial charge in [-0.1, -0.05) is 19.0 Å². The second-order valence-electron chi connectivity index (χ2n) is 9.14. The summed E-state index contributed by atoms with van der Waals surface area (Å²) in [5.74, 6) is 1.79. The van der Waals surface area contributed by atoms with Crippen LogP contribution >= 0.6 is 11.9 Å². The van der Waals surface area contributed by atoms with Crippen molar-refractivity contribution in [2.75, 3.05) is 18.4 Å². The molecule has 0 aromatic carbocycles. The van der Waals surface area contributed by atoms with Crippen LogP contribution < -0.4 is 16.1 Å². The predicted octanol–water partition coefficient (Wildman–Crippen LogP) is 3.12. The lowest BCUT2D eigenvalue weighted by Crippen LogP contribution is -2.47. The molecule has 186 valence electrons. The summed E-state index contributed by atoms with van der Waals surface area (Å²) in [6, 6.07) is 5.98. The van der Waals surface area contributed by atoms with Gasteiger partial charge in [-0.3, -0.25) is 4.98 Å². The lowest BCUT2D eigenvalue weighted by molar-refractivity contribution is 0.179. The van der Waals surface area contributed by atoms with Gasteiger partial charge in [0.05, 0.1) is 6.04 Å². The van der Waals surface area contributed by atoms with Gasteiger partial charge < -0.3 is 19.8 Å². The lowest BCUT2D eigenvalue weighted by Gasteiger charge is -2.33. The number of rotatable bonds is 7. The summed E-state index contributed by atoms with van der Waals surface area (Å²) in [4.78, 5) is 23.9. The Hall–Kier alpha value is -3.53. The van der Waals surface area contributed by atoms with E-state index in [1.54, 1.807) is 12.3 Å². The number of likely N-dealkylation sites (tertiary alicyclic amines) is 1. The maximum Gasteiger partial charge on any atom is 0.317 e. The summed E-state index contributed by atoms with van der Waals surface area (Å²) in [6.07, 6.45) is 13.4. The second-order valence-corrected chi connectivity index (χ2v) is 9.29. The number of halogens is 1. The van der Waals surface area contributed by atoms with Crippen molar-refractivity contribution < 1.29 is 9.08 Å². The summed E-state index contributed by atoms with van der Waals surface area (Å²) in [7, 11) is 0.865. The van der Waals surface area contributed by atoms with Gasteiger partial charge in [-0.05, 0) is 48.5 Å². The standard InChI is InChI=1S/C25H29BClN7O2/c1-26-21-16-30-34-23(29-15-17-3-2-10-28-14-17)13-22(32-24(21)34)18-8-11-33(12-9-18)25(35)31-19-4-6-20(36-27)7-5-19/h2-4,6-7,10,13-14,16,18-19,26,29H,5,8-9,11-12,15H2,1H3,(H,31,35). The van der Waals surface area contributed by atoms with Crippen LogP contribution in [-0.4, -0.2) is 56.9 Å². The first-order valence-corrected chi connectivity index (χ1v) is 12.7. The molecule has 1 saturated heterocycles. The molecule has 9 nitrogen and oxygen atoms in total. The second kappa shape index (κ2) is 11.0. The van der Waals surface area contributed by atoms with Crippen LogP contribution in [0.15, 0.2) is 60.8 Å². The van der Waals surface area contributed by atoms with Crippen LogP contribution in [0.5, 0.6) is 0 Å². The van der Waals surface area contributed by atoms with E-state index in [4.69, 9.17) is 21.1 Å². The molecule has 1 unspecified atom stereocenters. The highest BCUT2D eigenvalue weighted by atomic mass is 35.5. The number of piperidine rings is 1. The Balaban J connectivity index is 1.26. The fourth-order valence-corrected chi connectivity index (χ4v) is 4.81. The number of aromatic nitrogens is 4. The number of anilines is 1.